The van der Waals surface area contributed by atoms with Gasteiger partial charge >= 0.3 is 0 Å². The summed E-state index contributed by atoms with van der Waals surface area (Å²) in [4.78, 5) is 0. The molecule has 0 aromatic heterocycles. The molecule has 0 bridgehead atoms. The summed E-state index contributed by atoms with van der Waals surface area (Å²) in [6.07, 6.45) is 3.04. The number of hydrogen-bond donors (Lipinski definition) is 1. The first kappa shape index (κ1) is 16.1. The smallest absolute Gasteiger partial charge is 0.151 e. The number of hydrogen-bond acceptors (Lipinski definition) is 1. The minimum Gasteiger partial charge on any atom is -0.373 e. The van der Waals surface area contributed by atoms with Gasteiger partial charge in [0, 0.05) is 5.56 Å². The van der Waals surface area contributed by atoms with Gasteiger partial charge in [0.1, 0.15) is 0 Å². The van der Waals surface area contributed by atoms with Gasteiger partial charge in [0.2, 0.25) is 0 Å². The predicted octanol–water partition coefficient (Wildman–Crippen LogP) is 5.05. The van der Waals surface area contributed by atoms with Gasteiger partial charge in [0.05, 0.1) is 0 Å². The number of allylic oxidation sites excluding steroid dienone is 1. The molecule has 118 valence electrons. The largest absolute Gasteiger partial charge is 0.373 e. The second kappa shape index (κ2) is 7.17. The molecular weight excluding hydrogens is 292 g/mol. The van der Waals surface area contributed by atoms with Crippen LogP contribution in [-0.2, 0) is 5.60 Å². The molecule has 0 amide bonds. The van der Waals surface area contributed by atoms with Crippen LogP contribution in [0.1, 0.15) is 24.0 Å². The second-order valence-electron chi connectivity index (χ2n) is 5.87. The first-order valence-electron chi connectivity index (χ1n) is 8.12. The third kappa shape index (κ3) is 3.56. The van der Waals surface area contributed by atoms with Crippen LogP contribution in [0.3, 0.4) is 0 Å². The zero-order valence-corrected chi connectivity index (χ0v) is 13.6. The summed E-state index contributed by atoms with van der Waals surface area (Å²) in [5.41, 5.74) is 0.537. The Morgan fingerprint density at radius 1 is 0.917 bits per heavy atom. The lowest BCUT2D eigenvalue weighted by Gasteiger charge is -2.23. The Morgan fingerprint density at radius 2 is 1.62 bits per heavy atom. The third-order valence-corrected chi connectivity index (χ3v) is 4.12. The number of aliphatic hydroxyl groups is 1. The predicted molar refractivity (Wildman–Crippen MR) is 101 cm³/mol. The topological polar surface area (TPSA) is 20.2 Å². The quantitative estimate of drug-likeness (QED) is 0.528. The van der Waals surface area contributed by atoms with Gasteiger partial charge in [-0.2, -0.15) is 0 Å². The van der Waals surface area contributed by atoms with Crippen LogP contribution in [0.5, 0.6) is 0 Å². The van der Waals surface area contributed by atoms with Gasteiger partial charge < -0.3 is 5.11 Å². The Bertz CT molecular complexity index is 899. The van der Waals surface area contributed by atoms with Crippen molar-refractivity contribution in [2.24, 2.45) is 0 Å². The maximum Gasteiger partial charge on any atom is 0.151 e. The van der Waals surface area contributed by atoms with Crippen molar-refractivity contribution >= 4 is 10.8 Å². The number of fused-ring (bicyclic) bond motifs is 1. The average Bonchev–Trinajstić information content (AvgIpc) is 2.65. The van der Waals surface area contributed by atoms with E-state index in [9.17, 15) is 5.11 Å². The summed E-state index contributed by atoms with van der Waals surface area (Å²) < 4.78 is 0. The lowest BCUT2D eigenvalue weighted by Crippen LogP contribution is -2.23. The van der Waals surface area contributed by atoms with Gasteiger partial charge in [-0.1, -0.05) is 72.5 Å². The van der Waals surface area contributed by atoms with E-state index in [2.05, 4.69) is 30.6 Å². The maximum atomic E-state index is 11.2. The normalized spacial score (nSPS) is 12.9. The van der Waals surface area contributed by atoms with Gasteiger partial charge in [0.15, 0.2) is 5.60 Å². The van der Waals surface area contributed by atoms with E-state index in [0.717, 1.165) is 21.9 Å². The fourth-order valence-corrected chi connectivity index (χ4v) is 2.73. The van der Waals surface area contributed by atoms with Crippen LogP contribution in [-0.4, -0.2) is 5.11 Å². The first-order chi connectivity index (χ1) is 11.7. The molecule has 3 aromatic carbocycles. The van der Waals surface area contributed by atoms with Crippen LogP contribution in [0, 0.1) is 11.8 Å². The lowest BCUT2D eigenvalue weighted by molar-refractivity contribution is 0.0915. The molecule has 0 aliphatic heterocycles. The van der Waals surface area contributed by atoms with Crippen LogP contribution in [0.15, 0.2) is 85.5 Å². The van der Waals surface area contributed by atoms with Crippen molar-refractivity contribution in [2.75, 3.05) is 0 Å². The Labute approximate surface area is 143 Å². The molecule has 1 nitrogen and oxygen atoms in total. The maximum absolute atomic E-state index is 11.2. The number of rotatable bonds is 4. The van der Waals surface area contributed by atoms with Crippen LogP contribution >= 0.6 is 0 Å². The fourth-order valence-electron chi connectivity index (χ4n) is 2.73. The Hall–Kier alpha value is -2.82. The van der Waals surface area contributed by atoms with Gasteiger partial charge in [-0.25, -0.2) is 0 Å². The van der Waals surface area contributed by atoms with Crippen molar-refractivity contribution in [1.29, 1.82) is 0 Å². The van der Waals surface area contributed by atoms with Crippen LogP contribution in [0.4, 0.5) is 0 Å². The molecule has 3 aromatic rings. The Kier molecular flexibility index (Phi) is 4.79. The van der Waals surface area contributed by atoms with Crippen molar-refractivity contribution in [3.63, 3.8) is 0 Å². The van der Waals surface area contributed by atoms with Gasteiger partial charge in [0.25, 0.3) is 0 Å². The van der Waals surface area contributed by atoms with Gasteiger partial charge in [-0.3, -0.25) is 0 Å². The molecule has 24 heavy (non-hydrogen) atoms. The lowest BCUT2D eigenvalue weighted by atomic mass is 9.88. The molecule has 0 aliphatic rings. The van der Waals surface area contributed by atoms with E-state index in [0.29, 0.717) is 12.8 Å². The summed E-state index contributed by atoms with van der Waals surface area (Å²) in [6, 6.07) is 23.9. The molecule has 0 fully saturated rings. The van der Waals surface area contributed by atoms with E-state index in [1.807, 2.05) is 66.7 Å². The van der Waals surface area contributed by atoms with Gasteiger partial charge in [-0.05, 0) is 47.4 Å². The zero-order chi connectivity index (χ0) is 16.8. The molecule has 1 heteroatoms. The summed E-state index contributed by atoms with van der Waals surface area (Å²) in [7, 11) is 0. The molecule has 1 atom stereocenters. The standard InChI is InChI=1S/C23H20O/c1-2-3-16-23(24,17-15-19-9-5-4-6-10-19)22-14-13-20-11-7-8-12-21(20)18-22/h2,4-14,18,24H,1,3,16H2. The summed E-state index contributed by atoms with van der Waals surface area (Å²) in [6.45, 7) is 3.77. The first-order valence-corrected chi connectivity index (χ1v) is 8.12. The number of benzene rings is 3. The SMILES string of the molecule is C=CCCC(O)(C#Cc1ccccc1)c1ccc2ccccc2c1. The zero-order valence-electron chi connectivity index (χ0n) is 13.6. The van der Waals surface area contributed by atoms with Gasteiger partial charge in [-0.15, -0.1) is 6.58 Å². The van der Waals surface area contributed by atoms with Crippen LogP contribution in [0.2, 0.25) is 0 Å². The molecule has 0 heterocycles. The molecule has 0 radical (unpaired) electrons. The van der Waals surface area contributed by atoms with E-state index in [4.69, 9.17) is 0 Å². The summed E-state index contributed by atoms with van der Waals surface area (Å²) >= 11 is 0. The minimum absolute atomic E-state index is 0.522. The average molecular weight is 312 g/mol. The fraction of sp³-hybridized carbons (Fsp3) is 0.130. The summed E-state index contributed by atoms with van der Waals surface area (Å²) in [5, 5.41) is 13.5. The van der Waals surface area contributed by atoms with Crippen molar-refractivity contribution < 1.29 is 5.11 Å². The minimum atomic E-state index is -1.19. The van der Waals surface area contributed by atoms with E-state index in [1.54, 1.807) is 0 Å². The second-order valence-corrected chi connectivity index (χ2v) is 5.87. The van der Waals surface area contributed by atoms with Crippen molar-refractivity contribution in [3.8, 4) is 11.8 Å². The van der Waals surface area contributed by atoms with Crippen LogP contribution in [0.25, 0.3) is 10.8 Å². The molecule has 0 saturated carbocycles. The van der Waals surface area contributed by atoms with E-state index in [-0.39, 0.29) is 0 Å². The summed E-state index contributed by atoms with van der Waals surface area (Å²) in [5.74, 6) is 6.19. The molecule has 0 saturated heterocycles. The Morgan fingerprint density at radius 3 is 2.38 bits per heavy atom. The molecule has 0 aliphatic carbocycles. The highest BCUT2D eigenvalue weighted by atomic mass is 16.3. The highest BCUT2D eigenvalue weighted by Gasteiger charge is 2.26. The van der Waals surface area contributed by atoms with Crippen molar-refractivity contribution in [3.05, 3.63) is 96.6 Å². The van der Waals surface area contributed by atoms with E-state index >= 15 is 0 Å². The molecule has 1 N–H and O–H groups in total. The van der Waals surface area contributed by atoms with E-state index < -0.39 is 5.60 Å². The van der Waals surface area contributed by atoms with Crippen molar-refractivity contribution in [1.82, 2.24) is 0 Å². The molecule has 1 unspecified atom stereocenters. The molecular formula is C23H20O. The van der Waals surface area contributed by atoms with Crippen molar-refractivity contribution in [2.45, 2.75) is 18.4 Å². The molecule has 3 rings (SSSR count). The monoisotopic (exact) mass is 312 g/mol. The van der Waals surface area contributed by atoms with E-state index in [1.165, 1.54) is 0 Å². The molecule has 0 spiro atoms. The highest BCUT2D eigenvalue weighted by molar-refractivity contribution is 5.83. The Balaban J connectivity index is 2.03. The highest BCUT2D eigenvalue weighted by Crippen LogP contribution is 2.29. The van der Waals surface area contributed by atoms with Crippen LogP contribution < -0.4 is 0 Å². The third-order valence-electron chi connectivity index (χ3n) is 4.12.